The molecule has 0 spiro atoms. The van der Waals surface area contributed by atoms with Gasteiger partial charge in [-0.25, -0.2) is 0 Å². The lowest BCUT2D eigenvalue weighted by Gasteiger charge is -2.34. The molecule has 2 N–H and O–H groups in total. The van der Waals surface area contributed by atoms with Gasteiger partial charge in [0.2, 0.25) is 0 Å². The van der Waals surface area contributed by atoms with Gasteiger partial charge in [0.1, 0.15) is 6.29 Å². The molecule has 0 bridgehead atoms. The molecule has 0 atom stereocenters. The average Bonchev–Trinajstić information content (AvgIpc) is 2.25. The zero-order chi connectivity index (χ0) is 10.2. The van der Waals surface area contributed by atoms with Crippen LogP contribution in [0.25, 0.3) is 0 Å². The van der Waals surface area contributed by atoms with E-state index in [9.17, 15) is 4.79 Å². The Kier molecular flexibility index (Phi) is 5.75. The second-order valence-electron chi connectivity index (χ2n) is 3.78. The number of hydrogen-bond acceptors (Lipinski definition) is 4. The van der Waals surface area contributed by atoms with Crippen molar-refractivity contribution in [3.63, 3.8) is 0 Å². The number of piperazine rings is 1. The van der Waals surface area contributed by atoms with Crippen LogP contribution in [0.15, 0.2) is 0 Å². The summed E-state index contributed by atoms with van der Waals surface area (Å²) in [5, 5.41) is 0. The van der Waals surface area contributed by atoms with Crippen LogP contribution in [0.5, 0.6) is 0 Å². The van der Waals surface area contributed by atoms with Gasteiger partial charge in [-0.3, -0.25) is 0 Å². The Hall–Kier alpha value is -0.450. The summed E-state index contributed by atoms with van der Waals surface area (Å²) < 4.78 is 0. The van der Waals surface area contributed by atoms with Gasteiger partial charge in [-0.15, -0.1) is 0 Å². The first kappa shape index (κ1) is 11.6. The Morgan fingerprint density at radius 1 is 1.07 bits per heavy atom. The molecule has 14 heavy (non-hydrogen) atoms. The summed E-state index contributed by atoms with van der Waals surface area (Å²) in [5.41, 5.74) is 5.46. The molecule has 1 aliphatic heterocycles. The van der Waals surface area contributed by atoms with Crippen molar-refractivity contribution in [2.75, 3.05) is 45.8 Å². The number of rotatable bonds is 6. The van der Waals surface area contributed by atoms with Crippen LogP contribution in [0.2, 0.25) is 0 Å². The van der Waals surface area contributed by atoms with E-state index in [1.165, 1.54) is 0 Å². The van der Waals surface area contributed by atoms with Gasteiger partial charge >= 0.3 is 0 Å². The fourth-order valence-corrected chi connectivity index (χ4v) is 1.79. The summed E-state index contributed by atoms with van der Waals surface area (Å²) in [4.78, 5) is 15.0. The van der Waals surface area contributed by atoms with Gasteiger partial charge in [0.15, 0.2) is 0 Å². The maximum atomic E-state index is 10.2. The molecule has 4 heteroatoms. The first-order valence-corrected chi connectivity index (χ1v) is 5.45. The Labute approximate surface area is 86.0 Å². The van der Waals surface area contributed by atoms with E-state index in [-0.39, 0.29) is 0 Å². The van der Waals surface area contributed by atoms with E-state index in [0.29, 0.717) is 6.42 Å². The summed E-state index contributed by atoms with van der Waals surface area (Å²) in [6, 6.07) is 0. The molecule has 0 unspecified atom stereocenters. The zero-order valence-corrected chi connectivity index (χ0v) is 8.82. The van der Waals surface area contributed by atoms with E-state index in [1.807, 2.05) is 0 Å². The molecular formula is C10H21N3O. The van der Waals surface area contributed by atoms with Crippen molar-refractivity contribution in [2.45, 2.75) is 12.8 Å². The Morgan fingerprint density at radius 3 is 2.14 bits per heavy atom. The monoisotopic (exact) mass is 199 g/mol. The first-order valence-electron chi connectivity index (χ1n) is 5.45. The highest BCUT2D eigenvalue weighted by Gasteiger charge is 2.15. The third-order valence-electron chi connectivity index (χ3n) is 2.71. The van der Waals surface area contributed by atoms with Crippen LogP contribution < -0.4 is 5.73 Å². The van der Waals surface area contributed by atoms with E-state index >= 15 is 0 Å². The van der Waals surface area contributed by atoms with Gasteiger partial charge in [-0.1, -0.05) is 0 Å². The molecular weight excluding hydrogens is 178 g/mol. The van der Waals surface area contributed by atoms with Crippen molar-refractivity contribution in [2.24, 2.45) is 5.73 Å². The number of nitrogens with two attached hydrogens (primary N) is 1. The number of carbonyl (C=O) groups excluding carboxylic acids is 1. The smallest absolute Gasteiger partial charge is 0.121 e. The number of hydrogen-bond donors (Lipinski definition) is 1. The lowest BCUT2D eigenvalue weighted by atomic mass is 10.2. The Balaban J connectivity index is 2.08. The Bertz CT molecular complexity index is 155. The minimum Gasteiger partial charge on any atom is -0.330 e. The van der Waals surface area contributed by atoms with Gasteiger partial charge in [0.25, 0.3) is 0 Å². The first-order chi connectivity index (χ1) is 6.86. The minimum atomic E-state index is 0.669. The molecule has 0 saturated carbocycles. The van der Waals surface area contributed by atoms with Crippen LogP contribution in [-0.4, -0.2) is 61.9 Å². The summed E-state index contributed by atoms with van der Waals surface area (Å²) in [6.45, 7) is 7.27. The summed E-state index contributed by atoms with van der Waals surface area (Å²) in [7, 11) is 0. The van der Waals surface area contributed by atoms with E-state index < -0.39 is 0 Å². The van der Waals surface area contributed by atoms with Gasteiger partial charge in [0.05, 0.1) is 0 Å². The second kappa shape index (κ2) is 6.92. The highest BCUT2D eigenvalue weighted by molar-refractivity contribution is 5.49. The van der Waals surface area contributed by atoms with Crippen LogP contribution in [0.4, 0.5) is 0 Å². The van der Waals surface area contributed by atoms with Crippen LogP contribution in [0.1, 0.15) is 12.8 Å². The third kappa shape index (κ3) is 4.17. The Morgan fingerprint density at radius 2 is 1.64 bits per heavy atom. The van der Waals surface area contributed by atoms with Gasteiger partial charge in [-0.2, -0.15) is 0 Å². The molecule has 82 valence electrons. The molecule has 0 aromatic carbocycles. The average molecular weight is 199 g/mol. The number of carbonyl (C=O) groups is 1. The van der Waals surface area contributed by atoms with Crippen LogP contribution in [-0.2, 0) is 4.79 Å². The molecule has 1 aliphatic rings. The number of aldehydes is 1. The quantitative estimate of drug-likeness (QED) is 0.588. The van der Waals surface area contributed by atoms with E-state index in [4.69, 9.17) is 5.73 Å². The maximum absolute atomic E-state index is 10.2. The minimum absolute atomic E-state index is 0.669. The normalized spacial score (nSPS) is 19.8. The molecule has 4 nitrogen and oxygen atoms in total. The lowest BCUT2D eigenvalue weighted by molar-refractivity contribution is -0.108. The molecule has 0 aliphatic carbocycles. The van der Waals surface area contributed by atoms with Gasteiger partial charge in [-0.05, 0) is 19.5 Å². The van der Waals surface area contributed by atoms with Crippen LogP contribution >= 0.6 is 0 Å². The van der Waals surface area contributed by atoms with Crippen molar-refractivity contribution in [1.29, 1.82) is 0 Å². The van der Waals surface area contributed by atoms with E-state index in [0.717, 1.165) is 58.5 Å². The van der Waals surface area contributed by atoms with Crippen molar-refractivity contribution in [1.82, 2.24) is 9.80 Å². The summed E-state index contributed by atoms with van der Waals surface area (Å²) in [5.74, 6) is 0. The van der Waals surface area contributed by atoms with Crippen LogP contribution in [0.3, 0.4) is 0 Å². The summed E-state index contributed by atoms with van der Waals surface area (Å²) >= 11 is 0. The highest BCUT2D eigenvalue weighted by Crippen LogP contribution is 2.02. The van der Waals surface area contributed by atoms with Gasteiger partial charge < -0.3 is 20.3 Å². The van der Waals surface area contributed by atoms with Crippen molar-refractivity contribution >= 4 is 6.29 Å². The zero-order valence-electron chi connectivity index (χ0n) is 8.82. The van der Waals surface area contributed by atoms with E-state index in [1.54, 1.807) is 0 Å². The molecule has 0 radical (unpaired) electrons. The van der Waals surface area contributed by atoms with E-state index in [2.05, 4.69) is 9.80 Å². The molecule has 0 amide bonds. The fraction of sp³-hybridized carbons (Fsp3) is 0.900. The standard InChI is InChI=1S/C10H21N3O/c11-3-1-4-12-6-8-13(9-7-12)5-2-10-14/h10H,1-9,11H2. The predicted octanol–water partition coefficient (Wildman–Crippen LogP) is -0.458. The number of nitrogens with zero attached hydrogens (tertiary/aromatic N) is 2. The van der Waals surface area contributed by atoms with Crippen molar-refractivity contribution in [3.8, 4) is 0 Å². The largest absolute Gasteiger partial charge is 0.330 e. The highest BCUT2D eigenvalue weighted by atomic mass is 16.1. The fourth-order valence-electron chi connectivity index (χ4n) is 1.79. The predicted molar refractivity (Wildman–Crippen MR) is 57.2 cm³/mol. The SMILES string of the molecule is NCCCN1CCN(CCC=O)CC1. The molecule has 0 aromatic rings. The maximum Gasteiger partial charge on any atom is 0.121 e. The third-order valence-corrected chi connectivity index (χ3v) is 2.71. The molecule has 1 fully saturated rings. The molecule has 0 aromatic heterocycles. The molecule has 1 heterocycles. The van der Waals surface area contributed by atoms with Crippen molar-refractivity contribution in [3.05, 3.63) is 0 Å². The topological polar surface area (TPSA) is 49.6 Å². The molecule has 1 saturated heterocycles. The molecule has 1 rings (SSSR count). The summed E-state index contributed by atoms with van der Waals surface area (Å²) in [6.07, 6.45) is 2.76. The van der Waals surface area contributed by atoms with Crippen molar-refractivity contribution < 1.29 is 4.79 Å². The van der Waals surface area contributed by atoms with Gasteiger partial charge in [0, 0.05) is 39.1 Å². The van der Waals surface area contributed by atoms with Crippen LogP contribution in [0, 0.1) is 0 Å². The second-order valence-corrected chi connectivity index (χ2v) is 3.78. The lowest BCUT2D eigenvalue weighted by Crippen LogP contribution is -2.47.